The number of nitrogens with zero attached hydrogens (tertiary/aromatic N) is 1. The van der Waals surface area contributed by atoms with Crippen molar-refractivity contribution in [3.05, 3.63) is 54.1 Å². The zero-order chi connectivity index (χ0) is 13.1. The van der Waals surface area contributed by atoms with E-state index < -0.39 is 4.92 Å². The largest absolute Gasteiger partial charge is 0.375 e. The van der Waals surface area contributed by atoms with E-state index in [0.717, 1.165) is 9.35 Å². The van der Waals surface area contributed by atoms with E-state index in [2.05, 4.69) is 21.2 Å². The van der Waals surface area contributed by atoms with Gasteiger partial charge in [-0.3, -0.25) is 10.1 Å². The second-order valence-electron chi connectivity index (χ2n) is 3.53. The van der Waals surface area contributed by atoms with Gasteiger partial charge < -0.3 is 5.32 Å². The summed E-state index contributed by atoms with van der Waals surface area (Å²) in [6.45, 7) is 0.517. The van der Waals surface area contributed by atoms with E-state index in [9.17, 15) is 10.1 Å². The quantitative estimate of drug-likeness (QED) is 0.645. The van der Waals surface area contributed by atoms with Gasteiger partial charge >= 0.3 is 0 Å². The van der Waals surface area contributed by atoms with Gasteiger partial charge in [-0.25, -0.2) is 0 Å². The third kappa shape index (κ3) is 3.22. The number of anilines is 1. The van der Waals surface area contributed by atoms with Crippen molar-refractivity contribution in [3.63, 3.8) is 0 Å². The van der Waals surface area contributed by atoms with Crippen LogP contribution in [0.3, 0.4) is 0 Å². The molecular weight excluding hydrogens is 340 g/mol. The molecule has 0 saturated heterocycles. The van der Waals surface area contributed by atoms with Crippen LogP contribution in [-0.4, -0.2) is 4.92 Å². The van der Waals surface area contributed by atoms with E-state index in [1.165, 1.54) is 12.1 Å². The van der Waals surface area contributed by atoms with Crippen LogP contribution >= 0.6 is 38.9 Å². The molecule has 0 aliphatic carbocycles. The Bertz CT molecular complexity index is 588. The summed E-state index contributed by atoms with van der Waals surface area (Å²) in [5.74, 6) is 0. The Hall–Kier alpha value is -1.11. The SMILES string of the molecule is O=[N+]([O-])c1ccc(Cl)cc1NCc1csc(Br)c1. The number of hydrogen-bond donors (Lipinski definition) is 1. The number of thiophene rings is 1. The van der Waals surface area contributed by atoms with Gasteiger partial charge in [-0.15, -0.1) is 11.3 Å². The smallest absolute Gasteiger partial charge is 0.292 e. The Labute approximate surface area is 121 Å². The standard InChI is InChI=1S/C11H8BrClN2O2S/c12-11-3-7(6-18-11)5-14-9-4-8(13)1-2-10(9)15(16)17/h1-4,6,14H,5H2. The van der Waals surface area contributed by atoms with Crippen LogP contribution < -0.4 is 5.32 Å². The Kier molecular flexibility index (Phi) is 4.21. The van der Waals surface area contributed by atoms with E-state index in [0.29, 0.717) is 17.3 Å². The van der Waals surface area contributed by atoms with Crippen LogP contribution in [0.25, 0.3) is 0 Å². The topological polar surface area (TPSA) is 55.2 Å². The van der Waals surface area contributed by atoms with Crippen molar-refractivity contribution in [1.29, 1.82) is 0 Å². The van der Waals surface area contributed by atoms with Crippen molar-refractivity contribution in [2.24, 2.45) is 0 Å². The van der Waals surface area contributed by atoms with Gasteiger partial charge in [0.15, 0.2) is 0 Å². The highest BCUT2D eigenvalue weighted by Crippen LogP contribution is 2.28. The monoisotopic (exact) mass is 346 g/mol. The number of nitrogens with one attached hydrogen (secondary N) is 1. The average molecular weight is 348 g/mol. The van der Waals surface area contributed by atoms with Gasteiger partial charge in [-0.1, -0.05) is 11.6 Å². The first-order chi connectivity index (χ1) is 8.56. The summed E-state index contributed by atoms with van der Waals surface area (Å²) in [4.78, 5) is 10.4. The molecule has 4 nitrogen and oxygen atoms in total. The molecule has 2 aromatic rings. The lowest BCUT2D eigenvalue weighted by Crippen LogP contribution is -2.01. The molecule has 1 aromatic heterocycles. The van der Waals surface area contributed by atoms with E-state index in [-0.39, 0.29) is 5.69 Å². The Balaban J connectivity index is 2.17. The highest BCUT2D eigenvalue weighted by molar-refractivity contribution is 9.11. The summed E-state index contributed by atoms with van der Waals surface area (Å²) in [6.07, 6.45) is 0. The number of benzene rings is 1. The number of nitro benzene ring substituents is 1. The molecule has 0 radical (unpaired) electrons. The van der Waals surface area contributed by atoms with Crippen molar-refractivity contribution in [2.75, 3.05) is 5.32 Å². The van der Waals surface area contributed by atoms with Crippen LogP contribution in [0.15, 0.2) is 33.4 Å². The Morgan fingerprint density at radius 3 is 2.83 bits per heavy atom. The molecule has 0 saturated carbocycles. The first kappa shape index (κ1) is 13.3. The number of nitro groups is 1. The lowest BCUT2D eigenvalue weighted by atomic mass is 10.2. The molecule has 1 aromatic carbocycles. The zero-order valence-electron chi connectivity index (χ0n) is 9.02. The van der Waals surface area contributed by atoms with Crippen molar-refractivity contribution < 1.29 is 4.92 Å². The number of hydrogen-bond acceptors (Lipinski definition) is 4. The van der Waals surface area contributed by atoms with Gasteiger partial charge in [0.25, 0.3) is 5.69 Å². The molecular formula is C11H8BrClN2O2S. The molecule has 1 heterocycles. The van der Waals surface area contributed by atoms with Crippen LogP contribution in [0.4, 0.5) is 11.4 Å². The highest BCUT2D eigenvalue weighted by Gasteiger charge is 2.13. The van der Waals surface area contributed by atoms with Gasteiger partial charge in [-0.2, -0.15) is 0 Å². The minimum Gasteiger partial charge on any atom is -0.375 e. The van der Waals surface area contributed by atoms with Crippen molar-refractivity contribution >= 4 is 50.2 Å². The minimum atomic E-state index is -0.428. The van der Waals surface area contributed by atoms with Gasteiger partial charge in [0.05, 0.1) is 8.71 Å². The molecule has 2 rings (SSSR count). The predicted molar refractivity (Wildman–Crippen MR) is 77.5 cm³/mol. The van der Waals surface area contributed by atoms with E-state index in [4.69, 9.17) is 11.6 Å². The summed E-state index contributed by atoms with van der Waals surface area (Å²) >= 11 is 10.8. The van der Waals surface area contributed by atoms with E-state index in [1.54, 1.807) is 17.4 Å². The molecule has 7 heteroatoms. The Morgan fingerprint density at radius 2 is 2.22 bits per heavy atom. The molecule has 0 fully saturated rings. The number of rotatable bonds is 4. The molecule has 94 valence electrons. The molecule has 18 heavy (non-hydrogen) atoms. The van der Waals surface area contributed by atoms with Crippen LogP contribution in [0.2, 0.25) is 5.02 Å². The molecule has 0 aliphatic rings. The highest BCUT2D eigenvalue weighted by atomic mass is 79.9. The van der Waals surface area contributed by atoms with E-state index >= 15 is 0 Å². The molecule has 0 unspecified atom stereocenters. The third-order valence-electron chi connectivity index (χ3n) is 2.26. The van der Waals surface area contributed by atoms with Gasteiger partial charge in [0, 0.05) is 17.6 Å². The normalized spacial score (nSPS) is 10.3. The molecule has 1 N–H and O–H groups in total. The fraction of sp³-hybridized carbons (Fsp3) is 0.0909. The summed E-state index contributed by atoms with van der Waals surface area (Å²) < 4.78 is 1.03. The second-order valence-corrected chi connectivity index (χ2v) is 6.26. The summed E-state index contributed by atoms with van der Waals surface area (Å²) in [6, 6.07) is 6.43. The zero-order valence-corrected chi connectivity index (χ0v) is 12.2. The predicted octanol–water partition coefficient (Wildman–Crippen LogP) is 4.68. The minimum absolute atomic E-state index is 0.0219. The van der Waals surface area contributed by atoms with E-state index in [1.807, 2.05) is 11.4 Å². The van der Waals surface area contributed by atoms with Gasteiger partial charge in [0.2, 0.25) is 0 Å². The first-order valence-corrected chi connectivity index (χ1v) is 7.02. The summed E-state index contributed by atoms with van der Waals surface area (Å²) in [7, 11) is 0. The molecule has 0 bridgehead atoms. The maximum Gasteiger partial charge on any atom is 0.292 e. The van der Waals surface area contributed by atoms with Crippen LogP contribution in [0, 0.1) is 10.1 Å². The molecule has 0 atom stereocenters. The van der Waals surface area contributed by atoms with Gasteiger partial charge in [0.1, 0.15) is 5.69 Å². The fourth-order valence-corrected chi connectivity index (χ4v) is 2.83. The fourth-order valence-electron chi connectivity index (χ4n) is 1.44. The van der Waals surface area contributed by atoms with Crippen molar-refractivity contribution in [3.8, 4) is 0 Å². The second kappa shape index (κ2) is 5.69. The molecule has 0 aliphatic heterocycles. The van der Waals surface area contributed by atoms with Gasteiger partial charge in [-0.05, 0) is 45.1 Å². The first-order valence-electron chi connectivity index (χ1n) is 4.97. The van der Waals surface area contributed by atoms with Crippen molar-refractivity contribution in [1.82, 2.24) is 0 Å². The van der Waals surface area contributed by atoms with Crippen LogP contribution in [0.1, 0.15) is 5.56 Å². The summed E-state index contributed by atoms with van der Waals surface area (Å²) in [5.41, 5.74) is 1.50. The average Bonchev–Trinajstić information content (AvgIpc) is 2.72. The third-order valence-corrected chi connectivity index (χ3v) is 4.05. The maximum absolute atomic E-state index is 10.9. The Morgan fingerprint density at radius 1 is 1.44 bits per heavy atom. The lowest BCUT2D eigenvalue weighted by molar-refractivity contribution is -0.384. The summed E-state index contributed by atoms with van der Waals surface area (Å²) in [5, 5.41) is 16.3. The maximum atomic E-state index is 10.9. The van der Waals surface area contributed by atoms with Crippen molar-refractivity contribution in [2.45, 2.75) is 6.54 Å². The lowest BCUT2D eigenvalue weighted by Gasteiger charge is -2.06. The number of halogens is 2. The molecule has 0 amide bonds. The van der Waals surface area contributed by atoms with Crippen LogP contribution in [0.5, 0.6) is 0 Å². The molecule has 0 spiro atoms. The van der Waals surface area contributed by atoms with Crippen LogP contribution in [-0.2, 0) is 6.54 Å².